The number of benzene rings is 1. The number of aromatic hydroxyl groups is 1. The number of halogens is 1. The molecule has 0 aliphatic heterocycles. The van der Waals surface area contributed by atoms with E-state index < -0.39 is 0 Å². The van der Waals surface area contributed by atoms with E-state index in [1.165, 1.54) is 12.1 Å². The van der Waals surface area contributed by atoms with Crippen LogP contribution in [0.25, 0.3) is 0 Å². The standard InChI is InChI=1S/C7H4ClNOS/c8-6-3-5(9-4-11)1-2-7(6)10/h1-3,10H. The van der Waals surface area contributed by atoms with Gasteiger partial charge in [0.1, 0.15) is 5.75 Å². The maximum Gasteiger partial charge on any atom is 0.134 e. The Morgan fingerprint density at radius 3 is 2.82 bits per heavy atom. The molecule has 1 aromatic carbocycles. The Labute approximate surface area is 74.1 Å². The van der Waals surface area contributed by atoms with Gasteiger partial charge in [0.15, 0.2) is 0 Å². The number of aliphatic imine (C=N–C) groups is 1. The molecule has 0 unspecified atom stereocenters. The van der Waals surface area contributed by atoms with Crippen LogP contribution < -0.4 is 0 Å². The summed E-state index contributed by atoms with van der Waals surface area (Å²) in [5, 5.41) is 11.5. The summed E-state index contributed by atoms with van der Waals surface area (Å²) in [6.45, 7) is 0. The van der Waals surface area contributed by atoms with Gasteiger partial charge < -0.3 is 5.11 Å². The molecule has 0 spiro atoms. The largest absolute Gasteiger partial charge is 0.506 e. The summed E-state index contributed by atoms with van der Waals surface area (Å²) >= 11 is 9.97. The Bertz CT molecular complexity index is 320. The van der Waals surface area contributed by atoms with E-state index in [1.807, 2.05) is 0 Å². The monoisotopic (exact) mass is 185 g/mol. The van der Waals surface area contributed by atoms with Gasteiger partial charge in [0, 0.05) is 0 Å². The van der Waals surface area contributed by atoms with Gasteiger partial charge in [-0.1, -0.05) is 11.6 Å². The third-order valence-corrected chi connectivity index (χ3v) is 1.50. The molecule has 1 N–H and O–H groups in total. The summed E-state index contributed by atoms with van der Waals surface area (Å²) < 4.78 is 0. The van der Waals surface area contributed by atoms with E-state index in [-0.39, 0.29) is 10.8 Å². The van der Waals surface area contributed by atoms with Crippen LogP contribution in [-0.4, -0.2) is 10.3 Å². The third kappa shape index (κ3) is 2.02. The van der Waals surface area contributed by atoms with Gasteiger partial charge in [-0.2, -0.15) is 4.99 Å². The van der Waals surface area contributed by atoms with E-state index in [9.17, 15) is 0 Å². The summed E-state index contributed by atoms with van der Waals surface area (Å²) in [6, 6.07) is 4.56. The van der Waals surface area contributed by atoms with Gasteiger partial charge in [0.2, 0.25) is 0 Å². The highest BCUT2D eigenvalue weighted by Gasteiger charge is 1.96. The zero-order valence-electron chi connectivity index (χ0n) is 5.41. The van der Waals surface area contributed by atoms with E-state index in [1.54, 1.807) is 6.07 Å². The summed E-state index contributed by atoms with van der Waals surface area (Å²) in [5.74, 6) is 0.0370. The van der Waals surface area contributed by atoms with Crippen LogP contribution in [0.4, 0.5) is 5.69 Å². The number of nitrogens with zero attached hydrogens (tertiary/aromatic N) is 1. The summed E-state index contributed by atoms with van der Waals surface area (Å²) in [7, 11) is 0. The molecule has 0 saturated heterocycles. The van der Waals surface area contributed by atoms with Gasteiger partial charge in [-0.3, -0.25) is 0 Å². The number of hydrogen-bond donors (Lipinski definition) is 1. The van der Waals surface area contributed by atoms with Gasteiger partial charge in [-0.15, -0.1) is 0 Å². The number of rotatable bonds is 1. The fourth-order valence-electron chi connectivity index (χ4n) is 0.618. The first kappa shape index (κ1) is 8.21. The number of phenols is 1. The first-order valence-electron chi connectivity index (χ1n) is 2.80. The molecular formula is C7H4ClNOS. The molecule has 0 heterocycles. The minimum absolute atomic E-state index is 0.0370. The summed E-state index contributed by atoms with van der Waals surface area (Å²) in [5.41, 5.74) is 0.586. The van der Waals surface area contributed by atoms with Gasteiger partial charge in [-0.25, -0.2) is 0 Å². The average molecular weight is 186 g/mol. The second-order valence-corrected chi connectivity index (χ2v) is 2.43. The Morgan fingerprint density at radius 2 is 2.27 bits per heavy atom. The predicted molar refractivity (Wildman–Crippen MR) is 47.8 cm³/mol. The van der Waals surface area contributed by atoms with Crippen LogP contribution in [-0.2, 0) is 0 Å². The zero-order chi connectivity index (χ0) is 8.27. The van der Waals surface area contributed by atoms with Crippen molar-refractivity contribution in [2.24, 2.45) is 4.99 Å². The molecule has 0 atom stereocenters. The molecule has 11 heavy (non-hydrogen) atoms. The molecule has 0 fully saturated rings. The van der Waals surface area contributed by atoms with Gasteiger partial charge in [0.25, 0.3) is 0 Å². The number of thiocarbonyl (C=S) groups is 1. The van der Waals surface area contributed by atoms with Gasteiger partial charge in [0.05, 0.1) is 15.9 Å². The minimum atomic E-state index is 0.0370. The highest BCUT2D eigenvalue weighted by atomic mass is 35.5. The summed E-state index contributed by atoms with van der Waals surface area (Å²) in [4.78, 5) is 3.68. The summed E-state index contributed by atoms with van der Waals surface area (Å²) in [6.07, 6.45) is 0. The number of isothiocyanates is 1. The van der Waals surface area contributed by atoms with Crippen LogP contribution in [0.2, 0.25) is 5.02 Å². The van der Waals surface area contributed by atoms with Crippen molar-refractivity contribution in [1.82, 2.24) is 0 Å². The first-order valence-corrected chi connectivity index (χ1v) is 3.59. The molecule has 0 aliphatic carbocycles. The molecule has 0 saturated carbocycles. The zero-order valence-corrected chi connectivity index (χ0v) is 6.99. The van der Waals surface area contributed by atoms with E-state index in [0.29, 0.717) is 5.69 Å². The lowest BCUT2D eigenvalue weighted by Gasteiger charge is -1.95. The highest BCUT2D eigenvalue weighted by Crippen LogP contribution is 2.27. The molecule has 1 rings (SSSR count). The Kier molecular flexibility index (Phi) is 2.60. The van der Waals surface area contributed by atoms with Crippen LogP contribution in [0, 0.1) is 0 Å². The molecule has 0 aromatic heterocycles. The average Bonchev–Trinajstić information content (AvgIpc) is 1.98. The fourth-order valence-corrected chi connectivity index (χ4v) is 0.898. The number of phenolic OH excluding ortho intramolecular Hbond substituents is 1. The molecule has 1 aromatic rings. The van der Waals surface area contributed by atoms with Crippen molar-refractivity contribution >= 4 is 34.7 Å². The van der Waals surface area contributed by atoms with Crippen LogP contribution >= 0.6 is 23.8 Å². The van der Waals surface area contributed by atoms with E-state index in [0.717, 1.165) is 0 Å². The van der Waals surface area contributed by atoms with Crippen LogP contribution in [0.3, 0.4) is 0 Å². The highest BCUT2D eigenvalue weighted by molar-refractivity contribution is 7.78. The molecule has 56 valence electrons. The molecule has 0 amide bonds. The van der Waals surface area contributed by atoms with Crippen molar-refractivity contribution in [2.45, 2.75) is 0 Å². The van der Waals surface area contributed by atoms with E-state index in [2.05, 4.69) is 22.4 Å². The quantitative estimate of drug-likeness (QED) is 0.539. The van der Waals surface area contributed by atoms with Crippen LogP contribution in [0.15, 0.2) is 23.2 Å². The fraction of sp³-hybridized carbons (Fsp3) is 0. The molecular weight excluding hydrogens is 182 g/mol. The van der Waals surface area contributed by atoms with Crippen molar-refractivity contribution < 1.29 is 5.11 Å². The van der Waals surface area contributed by atoms with Crippen molar-refractivity contribution in [1.29, 1.82) is 0 Å². The smallest absolute Gasteiger partial charge is 0.134 e. The third-order valence-electron chi connectivity index (χ3n) is 1.11. The molecule has 0 radical (unpaired) electrons. The Morgan fingerprint density at radius 1 is 1.55 bits per heavy atom. The maximum atomic E-state index is 8.99. The Hall–Kier alpha value is -0.890. The van der Waals surface area contributed by atoms with Crippen LogP contribution in [0.1, 0.15) is 0 Å². The van der Waals surface area contributed by atoms with Gasteiger partial charge >= 0.3 is 0 Å². The second kappa shape index (κ2) is 3.49. The normalized spacial score (nSPS) is 8.82. The topological polar surface area (TPSA) is 32.6 Å². The first-order chi connectivity index (χ1) is 5.24. The molecule has 4 heteroatoms. The van der Waals surface area contributed by atoms with E-state index in [4.69, 9.17) is 16.7 Å². The minimum Gasteiger partial charge on any atom is -0.506 e. The molecule has 0 aliphatic rings. The number of hydrogen-bond acceptors (Lipinski definition) is 3. The lowest BCUT2D eigenvalue weighted by Crippen LogP contribution is -1.67. The molecule has 0 bridgehead atoms. The molecule has 2 nitrogen and oxygen atoms in total. The lowest BCUT2D eigenvalue weighted by atomic mass is 10.3. The van der Waals surface area contributed by atoms with Crippen molar-refractivity contribution in [3.63, 3.8) is 0 Å². The lowest BCUT2D eigenvalue weighted by molar-refractivity contribution is 0.475. The van der Waals surface area contributed by atoms with Crippen molar-refractivity contribution in [3.05, 3.63) is 23.2 Å². The maximum absolute atomic E-state index is 8.99. The van der Waals surface area contributed by atoms with Crippen molar-refractivity contribution in [3.8, 4) is 5.75 Å². The van der Waals surface area contributed by atoms with Crippen molar-refractivity contribution in [2.75, 3.05) is 0 Å². The second-order valence-electron chi connectivity index (χ2n) is 1.84. The van der Waals surface area contributed by atoms with Crippen LogP contribution in [0.5, 0.6) is 5.75 Å². The predicted octanol–water partition coefficient (Wildman–Crippen LogP) is 2.78. The van der Waals surface area contributed by atoms with E-state index >= 15 is 0 Å². The van der Waals surface area contributed by atoms with Gasteiger partial charge in [-0.05, 0) is 30.4 Å². The Balaban J connectivity index is 3.14. The SMILES string of the molecule is Oc1ccc(N=C=S)cc1Cl.